The lowest BCUT2D eigenvalue weighted by atomic mass is 10.1. The number of rotatable bonds is 6. The molecule has 6 heteroatoms. The minimum atomic E-state index is -0.793. The van der Waals surface area contributed by atoms with Crippen LogP contribution in [0.4, 0.5) is 14.5 Å². The maximum Gasteiger partial charge on any atom is 0.160 e. The predicted octanol–water partition coefficient (Wildman–Crippen LogP) is 3.44. The quantitative estimate of drug-likeness (QED) is 0.868. The number of benzene rings is 1. The van der Waals surface area contributed by atoms with Gasteiger partial charge in [-0.2, -0.15) is 5.10 Å². The van der Waals surface area contributed by atoms with Gasteiger partial charge < -0.3 is 10.2 Å². The summed E-state index contributed by atoms with van der Waals surface area (Å²) in [4.78, 5) is 2.12. The monoisotopic (exact) mass is 348 g/mol. The van der Waals surface area contributed by atoms with Gasteiger partial charge in [0.2, 0.25) is 0 Å². The molecular weight excluding hydrogens is 322 g/mol. The van der Waals surface area contributed by atoms with Crippen LogP contribution in [0, 0.1) is 17.6 Å². The van der Waals surface area contributed by atoms with Crippen molar-refractivity contribution >= 4 is 5.69 Å². The lowest BCUT2D eigenvalue weighted by Crippen LogP contribution is -2.26. The topological polar surface area (TPSA) is 33.1 Å². The second-order valence-electron chi connectivity index (χ2n) is 7.20. The summed E-state index contributed by atoms with van der Waals surface area (Å²) in [5.74, 6) is -0.656. The van der Waals surface area contributed by atoms with E-state index in [1.54, 1.807) is 6.07 Å². The minimum Gasteiger partial charge on any atom is -0.371 e. The van der Waals surface area contributed by atoms with Gasteiger partial charge in [0.05, 0.1) is 5.69 Å². The van der Waals surface area contributed by atoms with Gasteiger partial charge in [0.15, 0.2) is 11.6 Å². The molecule has 4 nitrogen and oxygen atoms in total. The fourth-order valence-electron chi connectivity index (χ4n) is 3.50. The van der Waals surface area contributed by atoms with E-state index in [4.69, 9.17) is 0 Å². The third-order valence-electron chi connectivity index (χ3n) is 4.79. The Bertz CT molecular complexity index is 726. The normalized spacial score (nSPS) is 17.7. The molecule has 0 spiro atoms. The maximum atomic E-state index is 13.4. The number of aromatic nitrogens is 2. The molecule has 1 aliphatic heterocycles. The van der Waals surface area contributed by atoms with Crippen molar-refractivity contribution in [2.75, 3.05) is 24.5 Å². The van der Waals surface area contributed by atoms with E-state index in [0.717, 1.165) is 44.0 Å². The van der Waals surface area contributed by atoms with Gasteiger partial charge in [-0.25, -0.2) is 8.78 Å². The molecular formula is C19H26F2N4. The minimum absolute atomic E-state index is 0.411. The highest BCUT2D eigenvalue weighted by molar-refractivity contribution is 5.47. The molecule has 2 heterocycles. The van der Waals surface area contributed by atoms with Gasteiger partial charge in [0.1, 0.15) is 0 Å². The fourth-order valence-corrected chi connectivity index (χ4v) is 3.50. The van der Waals surface area contributed by atoms with Crippen LogP contribution in [-0.2, 0) is 13.6 Å². The molecule has 136 valence electrons. The molecule has 0 amide bonds. The van der Waals surface area contributed by atoms with E-state index in [1.165, 1.54) is 17.7 Å². The summed E-state index contributed by atoms with van der Waals surface area (Å²) in [6, 6.07) is 4.14. The van der Waals surface area contributed by atoms with Crippen LogP contribution in [0.25, 0.3) is 0 Å². The first-order valence-corrected chi connectivity index (χ1v) is 8.87. The first-order valence-electron chi connectivity index (χ1n) is 8.87. The number of nitrogens with zero attached hydrogens (tertiary/aromatic N) is 3. The van der Waals surface area contributed by atoms with Crippen LogP contribution >= 0.6 is 0 Å². The van der Waals surface area contributed by atoms with Gasteiger partial charge in [-0.3, -0.25) is 4.68 Å². The average Bonchev–Trinajstić information content (AvgIpc) is 3.17. The molecule has 2 aromatic rings. The third kappa shape index (κ3) is 4.18. The molecule has 1 aliphatic rings. The number of nitrogens with one attached hydrogen (secondary N) is 1. The molecule has 1 saturated heterocycles. The van der Waals surface area contributed by atoms with Gasteiger partial charge in [0, 0.05) is 56.7 Å². The molecule has 0 saturated carbocycles. The Morgan fingerprint density at radius 3 is 2.80 bits per heavy atom. The molecule has 1 fully saturated rings. The van der Waals surface area contributed by atoms with Crippen molar-refractivity contribution in [3.05, 3.63) is 47.3 Å². The van der Waals surface area contributed by atoms with Crippen LogP contribution in [0.15, 0.2) is 24.4 Å². The number of aryl methyl sites for hydroxylation is 1. The number of hydrogen-bond donors (Lipinski definition) is 1. The SMILES string of the molecule is CC(C)c1nn(C)cc1CNCC1CCN(c2ccc(F)c(F)c2)C1. The van der Waals surface area contributed by atoms with Gasteiger partial charge in [-0.05, 0) is 30.4 Å². The van der Waals surface area contributed by atoms with Crippen LogP contribution in [0.3, 0.4) is 0 Å². The van der Waals surface area contributed by atoms with Crippen LogP contribution in [0.2, 0.25) is 0 Å². The van der Waals surface area contributed by atoms with E-state index in [-0.39, 0.29) is 0 Å². The first kappa shape index (κ1) is 17.9. The Balaban J connectivity index is 1.51. The van der Waals surface area contributed by atoms with Crippen LogP contribution in [-0.4, -0.2) is 29.4 Å². The summed E-state index contributed by atoms with van der Waals surface area (Å²) >= 11 is 0. The van der Waals surface area contributed by atoms with Crippen LogP contribution < -0.4 is 10.2 Å². The summed E-state index contributed by atoms with van der Waals surface area (Å²) in [6.45, 7) is 7.77. The summed E-state index contributed by atoms with van der Waals surface area (Å²) < 4.78 is 28.3. The predicted molar refractivity (Wildman–Crippen MR) is 95.7 cm³/mol. The average molecular weight is 348 g/mol. The van der Waals surface area contributed by atoms with Crippen LogP contribution in [0.5, 0.6) is 0 Å². The summed E-state index contributed by atoms with van der Waals surface area (Å²) in [6.07, 6.45) is 3.13. The van der Waals surface area contributed by atoms with E-state index in [1.807, 2.05) is 11.7 Å². The summed E-state index contributed by atoms with van der Waals surface area (Å²) in [5, 5.41) is 8.06. The van der Waals surface area contributed by atoms with Crippen molar-refractivity contribution in [2.24, 2.45) is 13.0 Å². The van der Waals surface area contributed by atoms with Crippen molar-refractivity contribution in [3.8, 4) is 0 Å². The molecule has 3 rings (SSSR count). The maximum absolute atomic E-state index is 13.4. The van der Waals surface area contributed by atoms with Gasteiger partial charge in [0.25, 0.3) is 0 Å². The Kier molecular flexibility index (Phi) is 5.37. The number of anilines is 1. The van der Waals surface area contributed by atoms with Crippen molar-refractivity contribution in [1.82, 2.24) is 15.1 Å². The molecule has 1 unspecified atom stereocenters. The molecule has 1 aromatic carbocycles. The molecule has 0 radical (unpaired) electrons. The zero-order valence-corrected chi connectivity index (χ0v) is 15.1. The number of hydrogen-bond acceptors (Lipinski definition) is 3. The van der Waals surface area contributed by atoms with Gasteiger partial charge in [-0.1, -0.05) is 13.8 Å². The van der Waals surface area contributed by atoms with Crippen LogP contribution in [0.1, 0.15) is 37.4 Å². The standard InChI is InChI=1S/C19H26F2N4/c1-13(2)19-15(12-24(3)23-19)10-22-9-14-6-7-25(11-14)16-4-5-17(20)18(21)8-16/h4-5,8,12-14,22H,6-7,9-11H2,1-3H3. The summed E-state index contributed by atoms with van der Waals surface area (Å²) in [7, 11) is 1.95. The van der Waals surface area contributed by atoms with Crippen molar-refractivity contribution in [2.45, 2.75) is 32.7 Å². The Morgan fingerprint density at radius 2 is 2.08 bits per heavy atom. The molecule has 0 aliphatic carbocycles. The second-order valence-corrected chi connectivity index (χ2v) is 7.20. The highest BCUT2D eigenvalue weighted by Crippen LogP contribution is 2.25. The van der Waals surface area contributed by atoms with E-state index < -0.39 is 11.6 Å². The second kappa shape index (κ2) is 7.52. The Morgan fingerprint density at radius 1 is 1.28 bits per heavy atom. The largest absolute Gasteiger partial charge is 0.371 e. The highest BCUT2D eigenvalue weighted by atomic mass is 19.2. The zero-order valence-electron chi connectivity index (χ0n) is 15.1. The zero-order chi connectivity index (χ0) is 18.0. The smallest absolute Gasteiger partial charge is 0.160 e. The van der Waals surface area contributed by atoms with Gasteiger partial charge >= 0.3 is 0 Å². The van der Waals surface area contributed by atoms with Gasteiger partial charge in [-0.15, -0.1) is 0 Å². The molecule has 0 bridgehead atoms. The lowest BCUT2D eigenvalue weighted by Gasteiger charge is -2.19. The lowest BCUT2D eigenvalue weighted by molar-refractivity contribution is 0.507. The molecule has 1 aromatic heterocycles. The number of halogens is 2. The van der Waals surface area contributed by atoms with Crippen molar-refractivity contribution < 1.29 is 8.78 Å². The molecule has 25 heavy (non-hydrogen) atoms. The summed E-state index contributed by atoms with van der Waals surface area (Å²) in [5.41, 5.74) is 3.15. The van der Waals surface area contributed by atoms with E-state index in [0.29, 0.717) is 11.8 Å². The fraction of sp³-hybridized carbons (Fsp3) is 0.526. The van der Waals surface area contributed by atoms with Crippen molar-refractivity contribution in [3.63, 3.8) is 0 Å². The van der Waals surface area contributed by atoms with E-state index in [9.17, 15) is 8.78 Å². The molecule has 1 N–H and O–H groups in total. The van der Waals surface area contributed by atoms with E-state index >= 15 is 0 Å². The Labute approximate surface area is 147 Å². The van der Waals surface area contributed by atoms with Crippen molar-refractivity contribution in [1.29, 1.82) is 0 Å². The first-order chi connectivity index (χ1) is 11.9. The Hall–Kier alpha value is -1.95. The third-order valence-corrected chi connectivity index (χ3v) is 4.79. The van der Waals surface area contributed by atoms with E-state index in [2.05, 4.69) is 35.4 Å². The molecule has 1 atom stereocenters. The highest BCUT2D eigenvalue weighted by Gasteiger charge is 2.23.